The van der Waals surface area contributed by atoms with E-state index in [9.17, 15) is 4.79 Å². The summed E-state index contributed by atoms with van der Waals surface area (Å²) < 4.78 is 9.77. The standard InChI is InChI=1S/C14H15N3O3/c1-19-12-8-10(5-7-15-12)9-17-13-11(14(18)20-2)4-3-6-16-13/h3-8H,9H2,1-2H3,(H,16,17). The number of hydrogen-bond donors (Lipinski definition) is 1. The van der Waals surface area contributed by atoms with Crippen LogP contribution in [0.2, 0.25) is 0 Å². The summed E-state index contributed by atoms with van der Waals surface area (Å²) in [7, 11) is 2.90. The molecule has 0 aliphatic heterocycles. The Morgan fingerprint density at radius 1 is 1.25 bits per heavy atom. The third-order valence-corrected chi connectivity index (χ3v) is 2.68. The van der Waals surface area contributed by atoms with Crippen molar-refractivity contribution in [2.45, 2.75) is 6.54 Å². The lowest BCUT2D eigenvalue weighted by Gasteiger charge is -2.09. The van der Waals surface area contributed by atoms with Crippen LogP contribution in [-0.2, 0) is 11.3 Å². The topological polar surface area (TPSA) is 73.3 Å². The van der Waals surface area contributed by atoms with Gasteiger partial charge in [-0.15, -0.1) is 0 Å². The Bertz CT molecular complexity index is 602. The molecule has 0 aromatic carbocycles. The number of pyridine rings is 2. The number of carbonyl (C=O) groups is 1. The summed E-state index contributed by atoms with van der Waals surface area (Å²) in [5.74, 6) is 0.599. The Kier molecular flexibility index (Phi) is 4.49. The van der Waals surface area contributed by atoms with Crippen LogP contribution < -0.4 is 10.1 Å². The van der Waals surface area contributed by atoms with Crippen molar-refractivity contribution < 1.29 is 14.3 Å². The normalized spacial score (nSPS) is 9.90. The van der Waals surface area contributed by atoms with Gasteiger partial charge in [0.1, 0.15) is 11.4 Å². The highest BCUT2D eigenvalue weighted by molar-refractivity contribution is 5.94. The van der Waals surface area contributed by atoms with Crippen LogP contribution in [0.25, 0.3) is 0 Å². The van der Waals surface area contributed by atoms with Gasteiger partial charge in [0.2, 0.25) is 5.88 Å². The first-order valence-corrected chi connectivity index (χ1v) is 6.00. The third-order valence-electron chi connectivity index (χ3n) is 2.68. The summed E-state index contributed by atoms with van der Waals surface area (Å²) in [6.07, 6.45) is 3.28. The molecule has 0 saturated carbocycles. The van der Waals surface area contributed by atoms with Crippen molar-refractivity contribution >= 4 is 11.8 Å². The Morgan fingerprint density at radius 3 is 2.85 bits per heavy atom. The van der Waals surface area contributed by atoms with Gasteiger partial charge < -0.3 is 14.8 Å². The highest BCUT2D eigenvalue weighted by atomic mass is 16.5. The van der Waals surface area contributed by atoms with Gasteiger partial charge in [-0.1, -0.05) is 0 Å². The van der Waals surface area contributed by atoms with Gasteiger partial charge in [0.15, 0.2) is 0 Å². The Morgan fingerprint density at radius 2 is 2.10 bits per heavy atom. The minimum Gasteiger partial charge on any atom is -0.481 e. The zero-order valence-corrected chi connectivity index (χ0v) is 11.3. The highest BCUT2D eigenvalue weighted by Gasteiger charge is 2.12. The fourth-order valence-corrected chi connectivity index (χ4v) is 1.68. The molecule has 0 fully saturated rings. The number of nitrogens with one attached hydrogen (secondary N) is 1. The average molecular weight is 273 g/mol. The van der Waals surface area contributed by atoms with E-state index in [4.69, 9.17) is 9.47 Å². The molecule has 0 saturated heterocycles. The molecular formula is C14H15N3O3. The SMILES string of the molecule is COC(=O)c1cccnc1NCc1ccnc(OC)c1. The number of aromatic nitrogens is 2. The smallest absolute Gasteiger partial charge is 0.341 e. The van der Waals surface area contributed by atoms with Gasteiger partial charge in [-0.2, -0.15) is 0 Å². The van der Waals surface area contributed by atoms with Gasteiger partial charge in [-0.25, -0.2) is 14.8 Å². The number of hydrogen-bond acceptors (Lipinski definition) is 6. The number of nitrogens with zero attached hydrogens (tertiary/aromatic N) is 2. The van der Waals surface area contributed by atoms with Crippen LogP contribution in [0, 0.1) is 0 Å². The molecule has 0 aliphatic carbocycles. The van der Waals surface area contributed by atoms with Crippen molar-refractivity contribution in [3.8, 4) is 5.88 Å². The van der Waals surface area contributed by atoms with E-state index in [1.807, 2.05) is 12.1 Å². The van der Waals surface area contributed by atoms with Gasteiger partial charge >= 0.3 is 5.97 Å². The van der Waals surface area contributed by atoms with E-state index in [0.717, 1.165) is 5.56 Å². The fourth-order valence-electron chi connectivity index (χ4n) is 1.68. The summed E-state index contributed by atoms with van der Waals surface area (Å²) in [6.45, 7) is 0.500. The number of carbonyl (C=O) groups excluding carboxylic acids is 1. The van der Waals surface area contributed by atoms with Crippen LogP contribution in [-0.4, -0.2) is 30.2 Å². The van der Waals surface area contributed by atoms with Crippen LogP contribution in [0.4, 0.5) is 5.82 Å². The van der Waals surface area contributed by atoms with Crippen molar-refractivity contribution in [3.63, 3.8) is 0 Å². The predicted octanol–water partition coefficient (Wildman–Crippen LogP) is 1.88. The minimum atomic E-state index is -0.423. The van der Waals surface area contributed by atoms with Crippen LogP contribution in [0.5, 0.6) is 5.88 Å². The predicted molar refractivity (Wildman–Crippen MR) is 73.7 cm³/mol. The first-order chi connectivity index (χ1) is 9.74. The first-order valence-electron chi connectivity index (χ1n) is 6.00. The maximum Gasteiger partial charge on any atom is 0.341 e. The molecule has 0 aliphatic rings. The highest BCUT2D eigenvalue weighted by Crippen LogP contribution is 2.15. The van der Waals surface area contributed by atoms with Crippen molar-refractivity contribution in [3.05, 3.63) is 47.8 Å². The molecule has 0 atom stereocenters. The molecule has 6 heteroatoms. The van der Waals surface area contributed by atoms with Crippen molar-refractivity contribution in [2.75, 3.05) is 19.5 Å². The number of anilines is 1. The molecule has 0 spiro atoms. The van der Waals surface area contributed by atoms with Crippen LogP contribution in [0.3, 0.4) is 0 Å². The van der Waals surface area contributed by atoms with Crippen LogP contribution in [0.1, 0.15) is 15.9 Å². The Hall–Kier alpha value is -2.63. The summed E-state index contributed by atoms with van der Waals surface area (Å²) in [4.78, 5) is 19.8. The summed E-state index contributed by atoms with van der Waals surface area (Å²) in [5, 5.41) is 3.10. The van der Waals surface area contributed by atoms with Crippen molar-refractivity contribution in [2.24, 2.45) is 0 Å². The van der Waals surface area contributed by atoms with Gasteiger partial charge in [-0.05, 0) is 23.8 Å². The molecule has 0 radical (unpaired) electrons. The van der Waals surface area contributed by atoms with E-state index in [2.05, 4.69) is 15.3 Å². The molecular weight excluding hydrogens is 258 g/mol. The van der Waals surface area contributed by atoms with E-state index in [0.29, 0.717) is 23.8 Å². The minimum absolute atomic E-state index is 0.399. The van der Waals surface area contributed by atoms with Crippen molar-refractivity contribution in [1.82, 2.24) is 9.97 Å². The second-order valence-electron chi connectivity index (χ2n) is 3.95. The van der Waals surface area contributed by atoms with E-state index in [-0.39, 0.29) is 0 Å². The Labute approximate surface area is 116 Å². The monoisotopic (exact) mass is 273 g/mol. The number of rotatable bonds is 5. The zero-order chi connectivity index (χ0) is 14.4. The molecule has 0 unspecified atom stereocenters. The van der Waals surface area contributed by atoms with E-state index < -0.39 is 5.97 Å². The van der Waals surface area contributed by atoms with E-state index in [1.165, 1.54) is 7.11 Å². The second kappa shape index (κ2) is 6.51. The van der Waals surface area contributed by atoms with Crippen LogP contribution >= 0.6 is 0 Å². The van der Waals surface area contributed by atoms with E-state index >= 15 is 0 Å². The summed E-state index contributed by atoms with van der Waals surface area (Å²) in [5.41, 5.74) is 1.37. The Balaban J connectivity index is 2.12. The molecule has 0 bridgehead atoms. The van der Waals surface area contributed by atoms with Crippen molar-refractivity contribution in [1.29, 1.82) is 0 Å². The fraction of sp³-hybridized carbons (Fsp3) is 0.214. The summed E-state index contributed by atoms with van der Waals surface area (Å²) >= 11 is 0. The lowest BCUT2D eigenvalue weighted by Crippen LogP contribution is -2.09. The maximum atomic E-state index is 11.6. The number of esters is 1. The third kappa shape index (κ3) is 3.23. The summed E-state index contributed by atoms with van der Waals surface area (Å²) in [6, 6.07) is 7.02. The largest absolute Gasteiger partial charge is 0.481 e. The molecule has 1 N–H and O–H groups in total. The first kappa shape index (κ1) is 13.8. The molecule has 2 rings (SSSR count). The zero-order valence-electron chi connectivity index (χ0n) is 11.3. The lowest BCUT2D eigenvalue weighted by atomic mass is 10.2. The molecule has 104 valence electrons. The molecule has 2 heterocycles. The lowest BCUT2D eigenvalue weighted by molar-refractivity contribution is 0.0601. The molecule has 6 nitrogen and oxygen atoms in total. The van der Waals surface area contributed by atoms with Gasteiger partial charge in [-0.3, -0.25) is 0 Å². The molecule has 2 aromatic heterocycles. The molecule has 0 amide bonds. The van der Waals surface area contributed by atoms with Gasteiger partial charge in [0.25, 0.3) is 0 Å². The molecule has 20 heavy (non-hydrogen) atoms. The van der Waals surface area contributed by atoms with Crippen LogP contribution in [0.15, 0.2) is 36.7 Å². The van der Waals surface area contributed by atoms with E-state index in [1.54, 1.807) is 31.6 Å². The maximum absolute atomic E-state index is 11.6. The number of ether oxygens (including phenoxy) is 2. The quantitative estimate of drug-likeness (QED) is 0.838. The van der Waals surface area contributed by atoms with Gasteiger partial charge in [0.05, 0.1) is 14.2 Å². The van der Waals surface area contributed by atoms with Gasteiger partial charge in [0, 0.05) is 25.0 Å². The molecule has 2 aromatic rings. The number of methoxy groups -OCH3 is 2. The average Bonchev–Trinajstić information content (AvgIpc) is 2.52. The second-order valence-corrected chi connectivity index (χ2v) is 3.95.